The average molecular weight is 346 g/mol. The second-order valence-electron chi connectivity index (χ2n) is 5.22. The number of rotatable bonds is 4. The average Bonchev–Trinajstić information content (AvgIpc) is 2.62. The molecule has 2 rings (SSSR count). The Balaban J connectivity index is 2.07. The number of sulfone groups is 1. The summed E-state index contributed by atoms with van der Waals surface area (Å²) in [5, 5.41) is 0. The Bertz CT molecular complexity index is 929. The highest BCUT2D eigenvalue weighted by atomic mass is 32.2. The molecule has 3 heteroatoms. The minimum absolute atomic E-state index is 0.226. The van der Waals surface area contributed by atoms with Crippen LogP contribution in [0.1, 0.15) is 22.3 Å². The Hall–Kier alpha value is -3.01. The summed E-state index contributed by atoms with van der Waals surface area (Å²) in [5.74, 6) is 10.8. The zero-order valence-electron chi connectivity index (χ0n) is 13.8. The lowest BCUT2D eigenvalue weighted by Crippen LogP contribution is -2.08. The summed E-state index contributed by atoms with van der Waals surface area (Å²) in [6.07, 6.45) is 3.39. The molecule has 0 aliphatic carbocycles. The Labute approximate surface area is 149 Å². The van der Waals surface area contributed by atoms with Gasteiger partial charge in [-0.3, -0.25) is 0 Å². The Kier molecular flexibility index (Phi) is 6.40. The molecule has 0 amide bonds. The van der Waals surface area contributed by atoms with E-state index in [0.717, 1.165) is 22.3 Å². The highest BCUT2D eigenvalue weighted by molar-refractivity contribution is 7.91. The van der Waals surface area contributed by atoms with Gasteiger partial charge >= 0.3 is 0 Å². The minimum Gasteiger partial charge on any atom is -0.227 e. The maximum atomic E-state index is 12.1. The molecule has 0 aliphatic rings. The van der Waals surface area contributed by atoms with Crippen molar-refractivity contribution >= 4 is 22.0 Å². The molecule has 2 nitrogen and oxygen atoms in total. The van der Waals surface area contributed by atoms with E-state index in [-0.39, 0.29) is 11.5 Å². The molecule has 0 saturated heterocycles. The van der Waals surface area contributed by atoms with Crippen LogP contribution in [0.15, 0.2) is 61.7 Å². The third-order valence-corrected chi connectivity index (χ3v) is 4.56. The van der Waals surface area contributed by atoms with E-state index in [9.17, 15) is 8.42 Å². The lowest BCUT2D eigenvalue weighted by molar-refractivity contribution is 0.603. The molecule has 0 unspecified atom stereocenters. The van der Waals surface area contributed by atoms with Crippen LogP contribution >= 0.6 is 0 Å². The largest absolute Gasteiger partial charge is 0.227 e. The van der Waals surface area contributed by atoms with E-state index in [4.69, 9.17) is 0 Å². The second-order valence-corrected chi connectivity index (χ2v) is 7.28. The first-order chi connectivity index (χ1) is 12.1. The smallest absolute Gasteiger partial charge is 0.172 e. The zero-order chi connectivity index (χ0) is 18.1. The monoisotopic (exact) mass is 346 g/mol. The summed E-state index contributed by atoms with van der Waals surface area (Å²) >= 11 is 0. The van der Waals surface area contributed by atoms with E-state index in [2.05, 4.69) is 36.8 Å². The van der Waals surface area contributed by atoms with Gasteiger partial charge < -0.3 is 0 Å². The molecule has 0 atom stereocenters. The fourth-order valence-electron chi connectivity index (χ4n) is 2.11. The number of benzene rings is 2. The van der Waals surface area contributed by atoms with Gasteiger partial charge in [-0.05, 0) is 23.3 Å². The third kappa shape index (κ3) is 5.53. The molecule has 0 radical (unpaired) electrons. The zero-order valence-corrected chi connectivity index (χ0v) is 14.6. The van der Waals surface area contributed by atoms with Gasteiger partial charge in [0.15, 0.2) is 9.84 Å². The predicted molar refractivity (Wildman–Crippen MR) is 105 cm³/mol. The first-order valence-corrected chi connectivity index (χ1v) is 9.49. The molecule has 0 N–H and O–H groups in total. The molecule has 0 heterocycles. The minimum atomic E-state index is -3.36. The van der Waals surface area contributed by atoms with E-state index < -0.39 is 9.84 Å². The maximum Gasteiger partial charge on any atom is 0.172 e. The molecule has 0 fully saturated rings. The molecular formula is C22H18O2S. The van der Waals surface area contributed by atoms with Crippen molar-refractivity contribution in [3.63, 3.8) is 0 Å². The molecule has 0 saturated carbocycles. The van der Waals surface area contributed by atoms with Gasteiger partial charge in [0.2, 0.25) is 0 Å². The van der Waals surface area contributed by atoms with Crippen molar-refractivity contribution < 1.29 is 8.42 Å². The van der Waals surface area contributed by atoms with E-state index >= 15 is 0 Å². The second kappa shape index (κ2) is 8.73. The maximum absolute atomic E-state index is 12.1. The Morgan fingerprint density at radius 3 is 1.56 bits per heavy atom. The van der Waals surface area contributed by atoms with Gasteiger partial charge in [-0.25, -0.2) is 8.42 Å². The molecular weight excluding hydrogens is 328 g/mol. The molecule has 0 aromatic heterocycles. The van der Waals surface area contributed by atoms with Crippen molar-refractivity contribution in [2.75, 3.05) is 11.5 Å². The fraction of sp³-hybridized carbons (Fsp3) is 0.0909. The summed E-state index contributed by atoms with van der Waals surface area (Å²) in [6.45, 7) is 7.44. The lowest BCUT2D eigenvalue weighted by atomic mass is 10.1. The van der Waals surface area contributed by atoms with Crippen LogP contribution in [-0.2, 0) is 9.84 Å². The quantitative estimate of drug-likeness (QED) is 0.790. The summed E-state index contributed by atoms with van der Waals surface area (Å²) in [4.78, 5) is 0. The van der Waals surface area contributed by atoms with Gasteiger partial charge in [0, 0.05) is 11.1 Å². The van der Waals surface area contributed by atoms with E-state index in [0.29, 0.717) is 0 Å². The summed E-state index contributed by atoms with van der Waals surface area (Å²) in [7, 11) is -3.36. The first kappa shape index (κ1) is 18.3. The van der Waals surface area contributed by atoms with Crippen LogP contribution in [0.3, 0.4) is 0 Å². The number of hydrogen-bond acceptors (Lipinski definition) is 2. The molecule has 2 aromatic rings. The normalized spacial score (nSPS) is 9.92. The van der Waals surface area contributed by atoms with Gasteiger partial charge in [-0.2, -0.15) is 0 Å². The van der Waals surface area contributed by atoms with Crippen LogP contribution in [0.4, 0.5) is 0 Å². The van der Waals surface area contributed by atoms with Crippen LogP contribution < -0.4 is 0 Å². The van der Waals surface area contributed by atoms with Crippen molar-refractivity contribution in [3.05, 3.63) is 83.9 Å². The van der Waals surface area contributed by atoms with Crippen LogP contribution in [0.25, 0.3) is 12.2 Å². The van der Waals surface area contributed by atoms with Crippen molar-refractivity contribution in [2.45, 2.75) is 0 Å². The van der Waals surface area contributed by atoms with Crippen LogP contribution in [0.2, 0.25) is 0 Å². The summed E-state index contributed by atoms with van der Waals surface area (Å²) in [6, 6.07) is 14.9. The lowest BCUT2D eigenvalue weighted by Gasteiger charge is -1.97. The van der Waals surface area contributed by atoms with Crippen LogP contribution in [-0.4, -0.2) is 19.9 Å². The summed E-state index contributed by atoms with van der Waals surface area (Å²) in [5.41, 5.74) is 3.29. The molecule has 2 aromatic carbocycles. The Morgan fingerprint density at radius 1 is 0.760 bits per heavy atom. The first-order valence-electron chi connectivity index (χ1n) is 7.67. The molecule has 0 spiro atoms. The highest BCUT2D eigenvalue weighted by Gasteiger charge is 2.06. The molecule has 25 heavy (non-hydrogen) atoms. The predicted octanol–water partition coefficient (Wildman–Crippen LogP) is 3.79. The van der Waals surface area contributed by atoms with Gasteiger partial charge in [0.05, 0.1) is 0 Å². The van der Waals surface area contributed by atoms with E-state index in [1.807, 2.05) is 48.5 Å². The number of hydrogen-bond donors (Lipinski definition) is 0. The van der Waals surface area contributed by atoms with Crippen LogP contribution in [0.5, 0.6) is 0 Å². The highest BCUT2D eigenvalue weighted by Crippen LogP contribution is 2.09. The van der Waals surface area contributed by atoms with E-state index in [1.54, 1.807) is 12.2 Å². The van der Waals surface area contributed by atoms with E-state index in [1.165, 1.54) is 0 Å². The standard InChI is InChI=1S/C22H18O2S/c1-3-19-11-5-7-13-21(19)15-9-17-25(23,24)18-10-16-22-14-8-6-12-20(22)4-2/h3-8,11-14H,1-2,17-18H2. The summed E-state index contributed by atoms with van der Waals surface area (Å²) < 4.78 is 24.1. The van der Waals surface area contributed by atoms with Crippen molar-refractivity contribution in [2.24, 2.45) is 0 Å². The van der Waals surface area contributed by atoms with Gasteiger partial charge in [0.25, 0.3) is 0 Å². The van der Waals surface area contributed by atoms with Crippen molar-refractivity contribution in [1.82, 2.24) is 0 Å². The van der Waals surface area contributed by atoms with Gasteiger partial charge in [-0.15, -0.1) is 0 Å². The van der Waals surface area contributed by atoms with Crippen molar-refractivity contribution in [1.29, 1.82) is 0 Å². The van der Waals surface area contributed by atoms with Gasteiger partial charge in [0.1, 0.15) is 11.5 Å². The van der Waals surface area contributed by atoms with Gasteiger partial charge in [-0.1, -0.05) is 85.4 Å². The molecule has 0 aliphatic heterocycles. The van der Waals surface area contributed by atoms with Crippen molar-refractivity contribution in [3.8, 4) is 23.7 Å². The molecule has 124 valence electrons. The van der Waals surface area contributed by atoms with Crippen LogP contribution in [0, 0.1) is 23.7 Å². The molecule has 0 bridgehead atoms. The SMILES string of the molecule is C=Cc1ccccc1C#CCS(=O)(=O)CC#Cc1ccccc1C=C. The topological polar surface area (TPSA) is 34.1 Å². The fourth-order valence-corrected chi connectivity index (χ4v) is 2.80. The third-order valence-electron chi connectivity index (χ3n) is 3.39. The Morgan fingerprint density at radius 2 is 1.16 bits per heavy atom.